The average molecular weight is 397 g/mol. The van der Waals surface area contributed by atoms with Crippen molar-refractivity contribution in [3.63, 3.8) is 0 Å². The molecule has 0 saturated heterocycles. The number of aliphatic carboxylic acids is 1. The van der Waals surface area contributed by atoms with E-state index >= 15 is 0 Å². The van der Waals surface area contributed by atoms with Crippen LogP contribution in [0.25, 0.3) is 0 Å². The number of hydrogen-bond donors (Lipinski definition) is 7. The molecular weight excluding hydrogens is 374 g/mol. The summed E-state index contributed by atoms with van der Waals surface area (Å²) < 4.78 is 0. The van der Waals surface area contributed by atoms with E-state index in [0.717, 1.165) is 0 Å². The van der Waals surface area contributed by atoms with Crippen molar-refractivity contribution in [3.8, 4) is 0 Å². The lowest BCUT2D eigenvalue weighted by Crippen LogP contribution is -2.55. The minimum absolute atomic E-state index is 0.0658. The van der Waals surface area contributed by atoms with E-state index in [4.69, 9.17) is 17.2 Å². The Morgan fingerprint density at radius 1 is 1.07 bits per heavy atom. The summed E-state index contributed by atoms with van der Waals surface area (Å²) in [5, 5.41) is 13.7. The zero-order chi connectivity index (χ0) is 21.3. The third-order valence-electron chi connectivity index (χ3n) is 3.67. The topological polar surface area (TPSA) is 236 Å². The van der Waals surface area contributed by atoms with Gasteiger partial charge in [0.15, 0.2) is 0 Å². The van der Waals surface area contributed by atoms with Crippen LogP contribution >= 0.6 is 0 Å². The summed E-state index contributed by atoms with van der Waals surface area (Å²) in [7, 11) is 0. The summed E-state index contributed by atoms with van der Waals surface area (Å²) in [6.07, 6.45) is 1.85. The van der Waals surface area contributed by atoms with Crippen LogP contribution in [0.1, 0.15) is 25.0 Å². The molecule has 3 atom stereocenters. The molecule has 1 heterocycles. The Kier molecular flexibility index (Phi) is 8.55. The van der Waals surface area contributed by atoms with Crippen LogP contribution in [0, 0.1) is 0 Å². The molecule has 0 fully saturated rings. The molecule has 0 aromatic carbocycles. The van der Waals surface area contributed by atoms with Gasteiger partial charge in [0, 0.05) is 24.7 Å². The van der Waals surface area contributed by atoms with Gasteiger partial charge in [0.2, 0.25) is 23.6 Å². The fraction of sp³-hybridized carbons (Fsp3) is 0.467. The van der Waals surface area contributed by atoms with Crippen molar-refractivity contribution in [2.24, 2.45) is 17.2 Å². The van der Waals surface area contributed by atoms with Crippen molar-refractivity contribution in [1.29, 1.82) is 0 Å². The number of aromatic amines is 1. The number of carboxylic acids is 1. The molecule has 154 valence electrons. The van der Waals surface area contributed by atoms with Gasteiger partial charge in [-0.2, -0.15) is 0 Å². The molecule has 0 radical (unpaired) electrons. The number of carbonyl (C=O) groups is 5. The maximum atomic E-state index is 12.4. The Balaban J connectivity index is 2.79. The highest BCUT2D eigenvalue weighted by molar-refractivity contribution is 5.94. The molecule has 0 aliphatic heterocycles. The quantitative estimate of drug-likeness (QED) is 0.186. The van der Waals surface area contributed by atoms with E-state index in [-0.39, 0.29) is 19.3 Å². The van der Waals surface area contributed by atoms with E-state index in [1.54, 1.807) is 0 Å². The van der Waals surface area contributed by atoms with Crippen LogP contribution in [-0.4, -0.2) is 62.8 Å². The number of nitrogens with zero attached hydrogens (tertiary/aromatic N) is 1. The first-order chi connectivity index (χ1) is 13.1. The maximum absolute atomic E-state index is 12.4. The summed E-state index contributed by atoms with van der Waals surface area (Å²) >= 11 is 0. The first-order valence-corrected chi connectivity index (χ1v) is 8.23. The van der Waals surface area contributed by atoms with Crippen molar-refractivity contribution in [1.82, 2.24) is 20.6 Å². The van der Waals surface area contributed by atoms with Gasteiger partial charge >= 0.3 is 5.97 Å². The van der Waals surface area contributed by atoms with E-state index in [1.165, 1.54) is 12.5 Å². The molecule has 13 heteroatoms. The molecule has 13 nitrogen and oxygen atoms in total. The molecular formula is C15H23N7O6. The number of carbonyl (C=O) groups excluding carboxylic acids is 4. The third kappa shape index (κ3) is 7.82. The SMILES string of the molecule is NC(=O)CC[C@H](N)C(=O)N[C@@H](CC(N)=O)C(=O)N[C@@H](Cc1cnc[nH]1)C(=O)O. The molecule has 28 heavy (non-hydrogen) atoms. The van der Waals surface area contributed by atoms with Crippen LogP contribution in [0.2, 0.25) is 0 Å². The van der Waals surface area contributed by atoms with Crippen molar-refractivity contribution in [2.75, 3.05) is 0 Å². The number of hydrogen-bond acceptors (Lipinski definition) is 7. The molecule has 1 rings (SSSR count). The number of nitrogens with one attached hydrogen (secondary N) is 3. The Morgan fingerprint density at radius 2 is 1.71 bits per heavy atom. The number of amides is 4. The van der Waals surface area contributed by atoms with E-state index in [0.29, 0.717) is 5.69 Å². The highest BCUT2D eigenvalue weighted by atomic mass is 16.4. The summed E-state index contributed by atoms with van der Waals surface area (Å²) in [6.45, 7) is 0. The molecule has 0 aliphatic carbocycles. The van der Waals surface area contributed by atoms with Crippen LogP contribution in [-0.2, 0) is 30.4 Å². The summed E-state index contributed by atoms with van der Waals surface area (Å²) in [6, 6.07) is -3.94. The summed E-state index contributed by atoms with van der Waals surface area (Å²) in [5.41, 5.74) is 16.1. The predicted molar refractivity (Wildman–Crippen MR) is 94.0 cm³/mol. The maximum Gasteiger partial charge on any atom is 0.326 e. The lowest BCUT2D eigenvalue weighted by molar-refractivity contribution is -0.142. The number of aromatic nitrogens is 2. The van der Waals surface area contributed by atoms with Crippen LogP contribution in [0.15, 0.2) is 12.5 Å². The fourth-order valence-electron chi connectivity index (χ4n) is 2.21. The van der Waals surface area contributed by atoms with Gasteiger partial charge in [0.05, 0.1) is 18.8 Å². The van der Waals surface area contributed by atoms with E-state index < -0.39 is 54.1 Å². The Morgan fingerprint density at radius 3 is 2.21 bits per heavy atom. The molecule has 4 amide bonds. The number of rotatable bonds is 12. The second-order valence-corrected chi connectivity index (χ2v) is 6.02. The molecule has 1 aromatic heterocycles. The van der Waals surface area contributed by atoms with Crippen LogP contribution in [0.3, 0.4) is 0 Å². The largest absolute Gasteiger partial charge is 0.480 e. The predicted octanol–water partition coefficient (Wildman–Crippen LogP) is -3.53. The van der Waals surface area contributed by atoms with Crippen LogP contribution < -0.4 is 27.8 Å². The molecule has 0 unspecified atom stereocenters. The van der Waals surface area contributed by atoms with Crippen molar-refractivity contribution in [2.45, 2.75) is 43.8 Å². The average Bonchev–Trinajstić information content (AvgIpc) is 3.10. The lowest BCUT2D eigenvalue weighted by atomic mass is 10.1. The van der Waals surface area contributed by atoms with Gasteiger partial charge in [-0.3, -0.25) is 19.2 Å². The summed E-state index contributed by atoms with van der Waals surface area (Å²) in [4.78, 5) is 64.3. The van der Waals surface area contributed by atoms with Crippen LogP contribution in [0.5, 0.6) is 0 Å². The molecule has 0 bridgehead atoms. The number of H-pyrrole nitrogens is 1. The Hall–Kier alpha value is -3.48. The molecule has 1 aromatic rings. The molecule has 0 aliphatic rings. The van der Waals surface area contributed by atoms with Crippen molar-refractivity contribution < 1.29 is 29.1 Å². The monoisotopic (exact) mass is 397 g/mol. The van der Waals surface area contributed by atoms with E-state index in [1.807, 2.05) is 0 Å². The minimum atomic E-state index is -1.44. The van der Waals surface area contributed by atoms with Gasteiger partial charge < -0.3 is 37.9 Å². The van der Waals surface area contributed by atoms with E-state index in [2.05, 4.69) is 20.6 Å². The highest BCUT2D eigenvalue weighted by Crippen LogP contribution is 2.02. The third-order valence-corrected chi connectivity index (χ3v) is 3.67. The molecule has 0 saturated carbocycles. The fourth-order valence-corrected chi connectivity index (χ4v) is 2.21. The van der Waals surface area contributed by atoms with Gasteiger partial charge in [0.1, 0.15) is 12.1 Å². The highest BCUT2D eigenvalue weighted by Gasteiger charge is 2.29. The van der Waals surface area contributed by atoms with Gasteiger partial charge in [-0.05, 0) is 6.42 Å². The zero-order valence-electron chi connectivity index (χ0n) is 14.9. The lowest BCUT2D eigenvalue weighted by Gasteiger charge is -2.22. The minimum Gasteiger partial charge on any atom is -0.480 e. The standard InChI is InChI=1S/C15H23N7O6/c16-8(1-2-11(17)23)13(25)21-9(4-12(18)24)14(26)22-10(15(27)28)3-7-5-19-6-20-7/h5-6,8-10H,1-4,16H2,(H2,17,23)(H2,18,24)(H,19,20)(H,21,25)(H,22,26)(H,27,28)/t8-,9-,10-/m0/s1. The first kappa shape index (κ1) is 22.6. The molecule has 0 spiro atoms. The number of imidazole rings is 1. The summed E-state index contributed by atoms with van der Waals surface area (Å²) in [5.74, 6) is -4.63. The smallest absolute Gasteiger partial charge is 0.326 e. The normalized spacial score (nSPS) is 13.8. The second-order valence-electron chi connectivity index (χ2n) is 6.02. The first-order valence-electron chi connectivity index (χ1n) is 8.23. The van der Waals surface area contributed by atoms with Gasteiger partial charge in [-0.1, -0.05) is 0 Å². The number of nitrogens with two attached hydrogens (primary N) is 3. The second kappa shape index (κ2) is 10.6. The van der Waals surface area contributed by atoms with Gasteiger partial charge in [-0.15, -0.1) is 0 Å². The van der Waals surface area contributed by atoms with Gasteiger partial charge in [-0.25, -0.2) is 9.78 Å². The van der Waals surface area contributed by atoms with E-state index in [9.17, 15) is 29.1 Å². The molecule has 10 N–H and O–H groups in total. The number of carboxylic acid groups (broad SMARTS) is 1. The van der Waals surface area contributed by atoms with Crippen molar-refractivity contribution >= 4 is 29.6 Å². The van der Waals surface area contributed by atoms with Gasteiger partial charge in [0.25, 0.3) is 0 Å². The Bertz CT molecular complexity index is 720. The Labute approximate surface area is 159 Å². The van der Waals surface area contributed by atoms with Crippen molar-refractivity contribution in [3.05, 3.63) is 18.2 Å². The van der Waals surface area contributed by atoms with Crippen LogP contribution in [0.4, 0.5) is 0 Å². The zero-order valence-corrected chi connectivity index (χ0v) is 14.9. The number of primary amides is 2.